The Hall–Kier alpha value is -4.86. The third-order valence-corrected chi connectivity index (χ3v) is 7.63. The molecule has 10 heteroatoms. The first kappa shape index (κ1) is 25.8. The Morgan fingerprint density at radius 2 is 0.846 bits per heavy atom. The molecule has 2 heterocycles. The zero-order valence-corrected chi connectivity index (χ0v) is 22.4. The minimum atomic E-state index is -0.681. The lowest BCUT2D eigenvalue weighted by Crippen LogP contribution is -2.52. The van der Waals surface area contributed by atoms with E-state index in [9.17, 15) is 28.8 Å². The van der Waals surface area contributed by atoms with E-state index in [4.69, 9.17) is 0 Å². The number of benzene rings is 2. The van der Waals surface area contributed by atoms with Crippen LogP contribution in [0.5, 0.6) is 0 Å². The molecule has 8 amide bonds. The van der Waals surface area contributed by atoms with E-state index >= 15 is 0 Å². The lowest BCUT2D eigenvalue weighted by molar-refractivity contribution is -0.135. The standard InChI is InChI=1S/C29H26N4O6/c1-29(2)21-13-15(11-19-23(34)30(3)27(38)31(4)24(19)35)7-9-17(21)18-10-8-16(14-22(18)29)12-20-25(36)32(5)28(39)33(6)26(20)37/h7-14H,1-6H3. The maximum Gasteiger partial charge on any atom is 0.333 e. The van der Waals surface area contributed by atoms with Gasteiger partial charge in [0.15, 0.2) is 0 Å². The molecule has 39 heavy (non-hydrogen) atoms. The van der Waals surface area contributed by atoms with Gasteiger partial charge in [0, 0.05) is 33.6 Å². The molecule has 198 valence electrons. The lowest BCUT2D eigenvalue weighted by Gasteiger charge is -2.29. The number of nitrogens with zero attached hydrogens (tertiary/aromatic N) is 4. The van der Waals surface area contributed by atoms with Gasteiger partial charge in [0.1, 0.15) is 11.1 Å². The average molecular weight is 527 g/mol. The summed E-state index contributed by atoms with van der Waals surface area (Å²) < 4.78 is 0. The van der Waals surface area contributed by atoms with Crippen molar-refractivity contribution in [3.05, 3.63) is 69.8 Å². The van der Waals surface area contributed by atoms with Crippen LogP contribution >= 0.6 is 0 Å². The Morgan fingerprint density at radius 3 is 1.15 bits per heavy atom. The van der Waals surface area contributed by atoms with Crippen LogP contribution in [0.4, 0.5) is 9.59 Å². The lowest BCUT2D eigenvalue weighted by atomic mass is 9.81. The molecule has 10 nitrogen and oxygen atoms in total. The van der Waals surface area contributed by atoms with Crippen LogP contribution < -0.4 is 0 Å². The quantitative estimate of drug-likeness (QED) is 0.439. The summed E-state index contributed by atoms with van der Waals surface area (Å²) in [5.41, 5.74) is 4.50. The molecule has 2 fully saturated rings. The minimum Gasteiger partial charge on any atom is -0.268 e. The van der Waals surface area contributed by atoms with Gasteiger partial charge in [-0.2, -0.15) is 0 Å². The molecular weight excluding hydrogens is 500 g/mol. The normalized spacial score (nSPS) is 18.7. The van der Waals surface area contributed by atoms with Crippen LogP contribution in [0.15, 0.2) is 47.5 Å². The maximum absolute atomic E-state index is 12.7. The van der Waals surface area contributed by atoms with Crippen LogP contribution in [-0.4, -0.2) is 83.5 Å². The first-order chi connectivity index (χ1) is 18.2. The number of barbiturate groups is 2. The summed E-state index contributed by atoms with van der Waals surface area (Å²) in [5.74, 6) is -2.63. The molecule has 3 aliphatic rings. The van der Waals surface area contributed by atoms with Gasteiger partial charge < -0.3 is 0 Å². The van der Waals surface area contributed by atoms with E-state index in [1.807, 2.05) is 50.2 Å². The number of carbonyl (C=O) groups excluding carboxylic acids is 6. The number of urea groups is 2. The second-order valence-electron chi connectivity index (χ2n) is 10.4. The zero-order valence-electron chi connectivity index (χ0n) is 22.4. The predicted molar refractivity (Wildman–Crippen MR) is 142 cm³/mol. The SMILES string of the molecule is CN1C(=O)C(=Cc2ccc3c(c2)C(C)(C)c2cc(C=C4C(=O)N(C)C(=O)N(C)C4=O)ccc2-3)C(=O)N(C)C1=O. The number of likely N-dealkylation sites (N-methyl/N-ethyl adjacent to an activating group) is 4. The highest BCUT2D eigenvalue weighted by atomic mass is 16.2. The largest absolute Gasteiger partial charge is 0.333 e. The molecule has 0 saturated carbocycles. The van der Waals surface area contributed by atoms with Crippen LogP contribution in [0.25, 0.3) is 23.3 Å². The van der Waals surface area contributed by atoms with E-state index in [1.54, 1.807) is 0 Å². The summed E-state index contributed by atoms with van der Waals surface area (Å²) in [7, 11) is 5.33. The van der Waals surface area contributed by atoms with E-state index in [0.717, 1.165) is 41.9 Å². The molecule has 2 aromatic rings. The van der Waals surface area contributed by atoms with Crippen molar-refractivity contribution in [2.45, 2.75) is 19.3 Å². The molecular formula is C29H26N4O6. The summed E-state index contributed by atoms with van der Waals surface area (Å²) in [6.45, 7) is 4.08. The first-order valence-electron chi connectivity index (χ1n) is 12.2. The smallest absolute Gasteiger partial charge is 0.268 e. The minimum absolute atomic E-state index is 0.1000. The van der Waals surface area contributed by atoms with E-state index in [2.05, 4.69) is 0 Å². The Labute approximate surface area is 224 Å². The van der Waals surface area contributed by atoms with E-state index in [-0.39, 0.29) is 11.1 Å². The van der Waals surface area contributed by atoms with Crippen molar-refractivity contribution in [3.63, 3.8) is 0 Å². The second kappa shape index (κ2) is 8.59. The molecule has 2 saturated heterocycles. The van der Waals surface area contributed by atoms with Crippen LogP contribution in [0, 0.1) is 0 Å². The van der Waals surface area contributed by atoms with Gasteiger partial charge in [-0.05, 0) is 45.5 Å². The zero-order chi connectivity index (χ0) is 28.5. The third kappa shape index (κ3) is 3.70. The van der Waals surface area contributed by atoms with Gasteiger partial charge >= 0.3 is 12.1 Å². The van der Waals surface area contributed by atoms with Gasteiger partial charge in [0.2, 0.25) is 0 Å². The Kier molecular flexibility index (Phi) is 5.68. The topological polar surface area (TPSA) is 115 Å². The van der Waals surface area contributed by atoms with E-state index in [0.29, 0.717) is 11.1 Å². The molecule has 5 rings (SSSR count). The van der Waals surface area contributed by atoms with Crippen molar-refractivity contribution in [1.82, 2.24) is 19.6 Å². The van der Waals surface area contributed by atoms with Gasteiger partial charge in [-0.3, -0.25) is 38.8 Å². The monoisotopic (exact) mass is 526 g/mol. The molecule has 2 aliphatic heterocycles. The van der Waals surface area contributed by atoms with Crippen molar-refractivity contribution in [1.29, 1.82) is 0 Å². The van der Waals surface area contributed by atoms with Gasteiger partial charge in [0.05, 0.1) is 0 Å². The summed E-state index contributed by atoms with van der Waals surface area (Å²) in [4.78, 5) is 78.4. The fourth-order valence-electron chi connectivity index (χ4n) is 5.24. The first-order valence-corrected chi connectivity index (χ1v) is 12.2. The molecule has 2 aromatic carbocycles. The van der Waals surface area contributed by atoms with Crippen LogP contribution in [0.2, 0.25) is 0 Å². The van der Waals surface area contributed by atoms with Crippen molar-refractivity contribution >= 4 is 47.8 Å². The molecule has 1 aliphatic carbocycles. The van der Waals surface area contributed by atoms with Crippen molar-refractivity contribution in [2.24, 2.45) is 0 Å². The highest BCUT2D eigenvalue weighted by molar-refractivity contribution is 6.31. The Bertz CT molecular complexity index is 1450. The number of hydrogen-bond donors (Lipinski definition) is 0. The molecule has 0 spiro atoms. The summed E-state index contributed by atoms with van der Waals surface area (Å²) in [5, 5.41) is 0. The van der Waals surface area contributed by atoms with Crippen LogP contribution in [0.3, 0.4) is 0 Å². The maximum atomic E-state index is 12.7. The van der Waals surface area contributed by atoms with Gasteiger partial charge in [0.25, 0.3) is 23.6 Å². The summed E-state index contributed by atoms with van der Waals surface area (Å²) in [6.07, 6.45) is 2.99. The highest BCUT2D eigenvalue weighted by Gasteiger charge is 2.40. The highest BCUT2D eigenvalue weighted by Crippen LogP contribution is 2.49. The van der Waals surface area contributed by atoms with E-state index < -0.39 is 41.1 Å². The molecule has 0 bridgehead atoms. The average Bonchev–Trinajstić information content (AvgIpc) is 3.14. The Balaban J connectivity index is 1.53. The third-order valence-electron chi connectivity index (χ3n) is 7.63. The van der Waals surface area contributed by atoms with Crippen LogP contribution in [-0.2, 0) is 24.6 Å². The van der Waals surface area contributed by atoms with Gasteiger partial charge in [-0.15, -0.1) is 0 Å². The molecule has 0 unspecified atom stereocenters. The second-order valence-corrected chi connectivity index (χ2v) is 10.4. The molecule has 0 atom stereocenters. The number of fused-ring (bicyclic) bond motifs is 3. The molecule has 0 N–H and O–H groups in total. The Morgan fingerprint density at radius 1 is 0.538 bits per heavy atom. The number of amides is 8. The van der Waals surface area contributed by atoms with Crippen LogP contribution in [0.1, 0.15) is 36.1 Å². The summed E-state index contributed by atoms with van der Waals surface area (Å²) in [6, 6.07) is 9.95. The predicted octanol–water partition coefficient (Wildman–Crippen LogP) is 2.86. The number of rotatable bonds is 2. The number of carbonyl (C=O) groups is 6. The van der Waals surface area contributed by atoms with Gasteiger partial charge in [-0.25, -0.2) is 9.59 Å². The van der Waals surface area contributed by atoms with Gasteiger partial charge in [-0.1, -0.05) is 50.2 Å². The summed E-state index contributed by atoms with van der Waals surface area (Å²) >= 11 is 0. The number of imide groups is 4. The van der Waals surface area contributed by atoms with E-state index in [1.165, 1.54) is 40.3 Å². The van der Waals surface area contributed by atoms with Crippen molar-refractivity contribution < 1.29 is 28.8 Å². The van der Waals surface area contributed by atoms with Crippen molar-refractivity contribution in [2.75, 3.05) is 28.2 Å². The molecule has 0 radical (unpaired) electrons. The fourth-order valence-corrected chi connectivity index (χ4v) is 5.24. The fraction of sp³-hybridized carbons (Fsp3) is 0.241. The number of hydrogen-bond acceptors (Lipinski definition) is 6. The molecule has 0 aromatic heterocycles. The van der Waals surface area contributed by atoms with Crippen molar-refractivity contribution in [3.8, 4) is 11.1 Å².